The first-order valence-corrected chi connectivity index (χ1v) is 9.88. The molecule has 0 saturated carbocycles. The first-order chi connectivity index (χ1) is 13.4. The number of benzene rings is 2. The van der Waals surface area contributed by atoms with Crippen molar-refractivity contribution in [3.8, 4) is 5.75 Å². The second kappa shape index (κ2) is 11.2. The fraction of sp³-hybridized carbons (Fsp3) is 0.478. The standard InChI is InChI=1S/C23H33NO4/c1-23(2,27)10-4-11-24-12-9-18-5-3-6-22(14-18)28-17-19-7-8-20(15-25)21(13-19)16-26/h3,5-8,13-14,24-27H,4,9-12,15-17H2,1-2H3. The average molecular weight is 388 g/mol. The van der Waals surface area contributed by atoms with Crippen molar-refractivity contribution in [1.29, 1.82) is 0 Å². The Balaban J connectivity index is 1.78. The fourth-order valence-corrected chi connectivity index (χ4v) is 3.03. The van der Waals surface area contributed by atoms with Crippen molar-refractivity contribution >= 4 is 0 Å². The van der Waals surface area contributed by atoms with Gasteiger partial charge in [-0.05, 0) is 86.7 Å². The van der Waals surface area contributed by atoms with Crippen LogP contribution < -0.4 is 10.1 Å². The summed E-state index contributed by atoms with van der Waals surface area (Å²) >= 11 is 0. The van der Waals surface area contributed by atoms with Crippen LogP contribution in [0.1, 0.15) is 48.9 Å². The zero-order valence-electron chi connectivity index (χ0n) is 16.9. The van der Waals surface area contributed by atoms with E-state index in [1.807, 2.05) is 50.2 Å². The third-order valence-electron chi connectivity index (χ3n) is 4.65. The molecule has 0 aliphatic heterocycles. The Morgan fingerprint density at radius 1 is 0.929 bits per heavy atom. The molecule has 0 saturated heterocycles. The van der Waals surface area contributed by atoms with E-state index >= 15 is 0 Å². The summed E-state index contributed by atoms with van der Waals surface area (Å²) in [5.74, 6) is 0.816. The summed E-state index contributed by atoms with van der Waals surface area (Å²) in [6, 6.07) is 13.7. The molecule has 0 radical (unpaired) electrons. The van der Waals surface area contributed by atoms with E-state index in [1.54, 1.807) is 0 Å². The molecular weight excluding hydrogens is 354 g/mol. The molecule has 2 aromatic rings. The van der Waals surface area contributed by atoms with Crippen LogP contribution >= 0.6 is 0 Å². The Kier molecular flexibility index (Phi) is 8.93. The SMILES string of the molecule is CC(C)(O)CCCNCCc1cccc(OCc2ccc(CO)c(CO)c2)c1. The van der Waals surface area contributed by atoms with Crippen molar-refractivity contribution in [2.45, 2.75) is 58.5 Å². The summed E-state index contributed by atoms with van der Waals surface area (Å²) in [5.41, 5.74) is 3.04. The van der Waals surface area contributed by atoms with Gasteiger partial charge in [0.05, 0.1) is 18.8 Å². The summed E-state index contributed by atoms with van der Waals surface area (Å²) in [6.07, 6.45) is 2.66. The first kappa shape index (κ1) is 22.4. The van der Waals surface area contributed by atoms with Gasteiger partial charge in [-0.15, -0.1) is 0 Å². The van der Waals surface area contributed by atoms with E-state index in [0.29, 0.717) is 6.61 Å². The van der Waals surface area contributed by atoms with Gasteiger partial charge in [0, 0.05) is 0 Å². The number of hydrogen-bond acceptors (Lipinski definition) is 5. The monoisotopic (exact) mass is 387 g/mol. The lowest BCUT2D eigenvalue weighted by atomic mass is 10.0. The lowest BCUT2D eigenvalue weighted by molar-refractivity contribution is 0.0689. The van der Waals surface area contributed by atoms with Gasteiger partial charge in [0.1, 0.15) is 12.4 Å². The molecule has 0 spiro atoms. The third-order valence-corrected chi connectivity index (χ3v) is 4.65. The van der Waals surface area contributed by atoms with E-state index in [1.165, 1.54) is 5.56 Å². The highest BCUT2D eigenvalue weighted by Gasteiger charge is 2.10. The van der Waals surface area contributed by atoms with Gasteiger partial charge in [0.15, 0.2) is 0 Å². The van der Waals surface area contributed by atoms with Gasteiger partial charge in [0.2, 0.25) is 0 Å². The maximum absolute atomic E-state index is 9.71. The molecule has 0 atom stereocenters. The predicted molar refractivity (Wildman–Crippen MR) is 111 cm³/mol. The van der Waals surface area contributed by atoms with Crippen LogP contribution in [0, 0.1) is 0 Å². The largest absolute Gasteiger partial charge is 0.489 e. The molecule has 0 amide bonds. The molecule has 2 rings (SSSR count). The van der Waals surface area contributed by atoms with E-state index < -0.39 is 5.60 Å². The molecule has 0 unspecified atom stereocenters. The van der Waals surface area contributed by atoms with Gasteiger partial charge in [-0.25, -0.2) is 0 Å². The summed E-state index contributed by atoms with van der Waals surface area (Å²) in [7, 11) is 0. The maximum Gasteiger partial charge on any atom is 0.120 e. The normalized spacial score (nSPS) is 11.6. The lowest BCUT2D eigenvalue weighted by Gasteiger charge is -2.16. The van der Waals surface area contributed by atoms with E-state index in [0.717, 1.165) is 54.8 Å². The summed E-state index contributed by atoms with van der Waals surface area (Å²) in [6.45, 7) is 5.70. The van der Waals surface area contributed by atoms with Gasteiger partial charge in [-0.1, -0.05) is 24.3 Å². The van der Waals surface area contributed by atoms with Crippen LogP contribution in [0.2, 0.25) is 0 Å². The number of hydrogen-bond donors (Lipinski definition) is 4. The molecular formula is C23H33NO4. The van der Waals surface area contributed by atoms with Crippen LogP contribution in [0.5, 0.6) is 5.75 Å². The smallest absolute Gasteiger partial charge is 0.120 e. The minimum Gasteiger partial charge on any atom is -0.489 e. The van der Waals surface area contributed by atoms with Gasteiger partial charge < -0.3 is 25.4 Å². The molecule has 0 aliphatic carbocycles. The molecule has 0 aliphatic rings. The quantitative estimate of drug-likeness (QED) is 0.421. The van der Waals surface area contributed by atoms with Crippen LogP contribution in [0.3, 0.4) is 0 Å². The predicted octanol–water partition coefficient (Wildman–Crippen LogP) is 2.93. The van der Waals surface area contributed by atoms with Crippen LogP contribution in [-0.2, 0) is 26.2 Å². The first-order valence-electron chi connectivity index (χ1n) is 9.88. The zero-order chi connectivity index (χ0) is 20.4. The summed E-state index contributed by atoms with van der Waals surface area (Å²) in [4.78, 5) is 0. The molecule has 5 heteroatoms. The third kappa shape index (κ3) is 7.98. The molecule has 0 heterocycles. The van der Waals surface area contributed by atoms with Gasteiger partial charge >= 0.3 is 0 Å². The Morgan fingerprint density at radius 2 is 1.71 bits per heavy atom. The Morgan fingerprint density at radius 3 is 2.43 bits per heavy atom. The highest BCUT2D eigenvalue weighted by atomic mass is 16.5. The van der Waals surface area contributed by atoms with Gasteiger partial charge in [-0.3, -0.25) is 0 Å². The summed E-state index contributed by atoms with van der Waals surface area (Å²) < 4.78 is 5.90. The van der Waals surface area contributed by atoms with Crippen LogP contribution in [-0.4, -0.2) is 34.0 Å². The number of aliphatic hydroxyl groups is 3. The number of rotatable bonds is 12. The van der Waals surface area contributed by atoms with Crippen molar-refractivity contribution in [3.63, 3.8) is 0 Å². The molecule has 2 aromatic carbocycles. The molecule has 4 N–H and O–H groups in total. The number of ether oxygens (including phenoxy) is 1. The number of nitrogens with one attached hydrogen (secondary N) is 1. The van der Waals surface area contributed by atoms with E-state index in [2.05, 4.69) is 11.4 Å². The molecule has 5 nitrogen and oxygen atoms in total. The minimum atomic E-state index is -0.594. The minimum absolute atomic E-state index is 0.0785. The summed E-state index contributed by atoms with van der Waals surface area (Å²) in [5, 5.41) is 31.8. The zero-order valence-corrected chi connectivity index (χ0v) is 16.9. The van der Waals surface area contributed by atoms with E-state index in [9.17, 15) is 15.3 Å². The van der Waals surface area contributed by atoms with Gasteiger partial charge in [-0.2, -0.15) is 0 Å². The average Bonchev–Trinajstić information content (AvgIpc) is 2.68. The van der Waals surface area contributed by atoms with E-state index in [4.69, 9.17) is 4.74 Å². The molecule has 154 valence electrons. The lowest BCUT2D eigenvalue weighted by Crippen LogP contribution is -2.23. The Hall–Kier alpha value is -1.92. The Labute approximate surface area is 168 Å². The Bertz CT molecular complexity index is 725. The number of aliphatic hydroxyl groups excluding tert-OH is 2. The van der Waals surface area contributed by atoms with Crippen molar-refractivity contribution in [2.24, 2.45) is 0 Å². The van der Waals surface area contributed by atoms with Crippen molar-refractivity contribution in [3.05, 3.63) is 64.7 Å². The van der Waals surface area contributed by atoms with Crippen LogP contribution in [0.4, 0.5) is 0 Å². The van der Waals surface area contributed by atoms with Gasteiger partial charge in [0.25, 0.3) is 0 Å². The highest BCUT2D eigenvalue weighted by molar-refractivity contribution is 5.32. The second-order valence-corrected chi connectivity index (χ2v) is 7.77. The molecule has 28 heavy (non-hydrogen) atoms. The van der Waals surface area contributed by atoms with E-state index in [-0.39, 0.29) is 13.2 Å². The fourth-order valence-electron chi connectivity index (χ4n) is 3.03. The topological polar surface area (TPSA) is 82.0 Å². The van der Waals surface area contributed by atoms with Crippen molar-refractivity contribution < 1.29 is 20.1 Å². The van der Waals surface area contributed by atoms with Crippen LogP contribution in [0.15, 0.2) is 42.5 Å². The van der Waals surface area contributed by atoms with Crippen molar-refractivity contribution in [1.82, 2.24) is 5.32 Å². The van der Waals surface area contributed by atoms with Crippen molar-refractivity contribution in [2.75, 3.05) is 13.1 Å². The molecule has 0 fully saturated rings. The van der Waals surface area contributed by atoms with Crippen LogP contribution in [0.25, 0.3) is 0 Å². The molecule has 0 bridgehead atoms. The maximum atomic E-state index is 9.71. The second-order valence-electron chi connectivity index (χ2n) is 7.77. The highest BCUT2D eigenvalue weighted by Crippen LogP contribution is 2.18. The molecule has 0 aromatic heterocycles.